The molecule has 0 fully saturated rings. The van der Waals surface area contributed by atoms with Crippen molar-refractivity contribution in [1.82, 2.24) is 0 Å². The first-order chi connectivity index (χ1) is 4.12. The van der Waals surface area contributed by atoms with E-state index in [1.165, 1.54) is 6.92 Å². The molecule has 0 radical (unpaired) electrons. The van der Waals surface area contributed by atoms with Crippen molar-refractivity contribution in [1.29, 1.82) is 0 Å². The second kappa shape index (κ2) is 6.01. The van der Waals surface area contributed by atoms with Gasteiger partial charge in [-0.15, -0.1) is 0 Å². The van der Waals surface area contributed by atoms with Gasteiger partial charge in [-0.3, -0.25) is 0 Å². The topological polar surface area (TPSA) is 60.7 Å². The normalized spacial score (nSPS) is 10.0. The van der Waals surface area contributed by atoms with Gasteiger partial charge in [-0.2, -0.15) is 0 Å². The van der Waals surface area contributed by atoms with Gasteiger partial charge in [-0.25, -0.2) is 0 Å². The molecule has 3 nitrogen and oxygen atoms in total. The van der Waals surface area contributed by atoms with Gasteiger partial charge >= 0.3 is 0 Å². The van der Waals surface area contributed by atoms with Crippen LogP contribution in [0.4, 0.5) is 0 Å². The minimum Gasteiger partial charge on any atom is -0.393 e. The van der Waals surface area contributed by atoms with Crippen LogP contribution in [0.25, 0.3) is 0 Å². The fraction of sp³-hybridized carbons (Fsp3) is 1.00. The lowest BCUT2D eigenvalue weighted by atomic mass is 10.1. The van der Waals surface area contributed by atoms with Crippen LogP contribution < -0.4 is 0 Å². The van der Waals surface area contributed by atoms with Gasteiger partial charge in [0.15, 0.2) is 0 Å². The minimum atomic E-state index is -1.31. The van der Waals surface area contributed by atoms with Crippen molar-refractivity contribution in [3.05, 3.63) is 0 Å². The minimum absolute atomic E-state index is 0.399. The molecular weight excluding hydrogens is 120 g/mol. The lowest BCUT2D eigenvalue weighted by Gasteiger charge is -2.14. The Hall–Kier alpha value is -0.120. The third kappa shape index (κ3) is 7.88. The summed E-state index contributed by atoms with van der Waals surface area (Å²) in [4.78, 5) is 0. The first-order valence-corrected chi connectivity index (χ1v) is 3.06. The Balaban J connectivity index is 0. The molecule has 0 aliphatic rings. The average molecular weight is 136 g/mol. The standard InChI is InChI=1S/C4H10O3.C2H6/c1-4(7,2-5)3-6;1-2/h5-7H,2-3H2,1H3;1-2H3. The molecule has 0 heterocycles. The van der Waals surface area contributed by atoms with Gasteiger partial charge in [-0.05, 0) is 6.92 Å². The Morgan fingerprint density at radius 3 is 1.33 bits per heavy atom. The van der Waals surface area contributed by atoms with E-state index in [4.69, 9.17) is 15.3 Å². The van der Waals surface area contributed by atoms with Crippen LogP contribution in [-0.4, -0.2) is 34.1 Å². The molecule has 0 saturated carbocycles. The molecule has 0 unspecified atom stereocenters. The molecule has 0 rings (SSSR count). The molecule has 0 bridgehead atoms. The molecule has 0 aromatic heterocycles. The summed E-state index contributed by atoms with van der Waals surface area (Å²) in [6.45, 7) is 4.56. The van der Waals surface area contributed by atoms with E-state index in [9.17, 15) is 0 Å². The van der Waals surface area contributed by atoms with Crippen molar-refractivity contribution in [2.24, 2.45) is 0 Å². The lowest BCUT2D eigenvalue weighted by molar-refractivity contribution is -0.0399. The van der Waals surface area contributed by atoms with Crippen molar-refractivity contribution in [3.8, 4) is 0 Å². The van der Waals surface area contributed by atoms with Gasteiger partial charge in [0.1, 0.15) is 5.60 Å². The molecule has 0 aromatic carbocycles. The second-order valence-corrected chi connectivity index (χ2v) is 1.81. The maximum absolute atomic E-state index is 8.63. The van der Waals surface area contributed by atoms with Gasteiger partial charge in [0, 0.05) is 0 Å². The first kappa shape index (κ1) is 11.6. The van der Waals surface area contributed by atoms with E-state index in [0.29, 0.717) is 0 Å². The van der Waals surface area contributed by atoms with E-state index >= 15 is 0 Å². The summed E-state index contributed by atoms with van der Waals surface area (Å²) in [5, 5.41) is 25.0. The van der Waals surface area contributed by atoms with Gasteiger partial charge in [0.25, 0.3) is 0 Å². The second-order valence-electron chi connectivity index (χ2n) is 1.81. The van der Waals surface area contributed by atoms with Crippen molar-refractivity contribution in [2.45, 2.75) is 26.4 Å². The van der Waals surface area contributed by atoms with Crippen molar-refractivity contribution < 1.29 is 15.3 Å². The van der Waals surface area contributed by atoms with Crippen LogP contribution in [0.15, 0.2) is 0 Å². The highest BCUT2D eigenvalue weighted by atomic mass is 16.4. The zero-order chi connectivity index (χ0) is 7.91. The van der Waals surface area contributed by atoms with Crippen LogP contribution >= 0.6 is 0 Å². The highest BCUT2D eigenvalue weighted by molar-refractivity contribution is 4.67. The number of rotatable bonds is 2. The summed E-state index contributed by atoms with van der Waals surface area (Å²) < 4.78 is 0. The molecule has 0 aliphatic heterocycles. The fourth-order valence-corrected chi connectivity index (χ4v) is 0.0500. The zero-order valence-corrected chi connectivity index (χ0v) is 6.26. The lowest BCUT2D eigenvalue weighted by Crippen LogP contribution is -2.33. The molecule has 3 N–H and O–H groups in total. The summed E-state index contributed by atoms with van der Waals surface area (Å²) >= 11 is 0. The van der Waals surface area contributed by atoms with Crippen molar-refractivity contribution >= 4 is 0 Å². The largest absolute Gasteiger partial charge is 0.393 e. The molecule has 0 saturated heterocycles. The molecule has 0 amide bonds. The van der Waals surface area contributed by atoms with E-state index in [-0.39, 0.29) is 0 Å². The molecule has 0 aromatic rings. The van der Waals surface area contributed by atoms with Crippen LogP contribution in [0.5, 0.6) is 0 Å². The maximum Gasteiger partial charge on any atom is 0.108 e. The van der Waals surface area contributed by atoms with E-state index in [1.807, 2.05) is 13.8 Å². The molecule has 58 valence electrons. The summed E-state index contributed by atoms with van der Waals surface area (Å²) in [7, 11) is 0. The Morgan fingerprint density at radius 2 is 1.33 bits per heavy atom. The molecule has 0 spiro atoms. The van der Waals surface area contributed by atoms with Gasteiger partial charge in [0.2, 0.25) is 0 Å². The number of aliphatic hydroxyl groups is 3. The Bertz CT molecular complexity index is 46.3. The molecular formula is C6H16O3. The predicted octanol–water partition coefficient (Wildman–Crippen LogP) is -0.252. The van der Waals surface area contributed by atoms with Crippen LogP contribution in [-0.2, 0) is 0 Å². The smallest absolute Gasteiger partial charge is 0.108 e. The van der Waals surface area contributed by atoms with E-state index < -0.39 is 18.8 Å². The molecule has 9 heavy (non-hydrogen) atoms. The van der Waals surface area contributed by atoms with Crippen LogP contribution in [0, 0.1) is 0 Å². The van der Waals surface area contributed by atoms with Gasteiger partial charge in [-0.1, -0.05) is 13.8 Å². The quantitative estimate of drug-likeness (QED) is 0.490. The van der Waals surface area contributed by atoms with Crippen molar-refractivity contribution in [3.63, 3.8) is 0 Å². The van der Waals surface area contributed by atoms with Gasteiger partial charge < -0.3 is 15.3 Å². The summed E-state index contributed by atoms with van der Waals surface area (Å²) in [6, 6.07) is 0. The SMILES string of the molecule is CC.CC(O)(CO)CO. The Labute approximate surface area is 56.0 Å². The van der Waals surface area contributed by atoms with E-state index in [1.54, 1.807) is 0 Å². The Kier molecular flexibility index (Phi) is 7.77. The maximum atomic E-state index is 8.63. The highest BCUT2D eigenvalue weighted by Crippen LogP contribution is 1.96. The predicted molar refractivity (Wildman–Crippen MR) is 36.1 cm³/mol. The van der Waals surface area contributed by atoms with Crippen molar-refractivity contribution in [2.75, 3.05) is 13.2 Å². The van der Waals surface area contributed by atoms with E-state index in [2.05, 4.69) is 0 Å². The fourth-order valence-electron chi connectivity index (χ4n) is 0.0500. The number of hydrogen-bond donors (Lipinski definition) is 3. The highest BCUT2D eigenvalue weighted by Gasteiger charge is 2.15. The molecule has 3 heteroatoms. The van der Waals surface area contributed by atoms with Gasteiger partial charge in [0.05, 0.1) is 13.2 Å². The third-order valence-electron chi connectivity index (χ3n) is 0.681. The summed E-state index contributed by atoms with van der Waals surface area (Å²) in [5.41, 5.74) is -1.31. The zero-order valence-electron chi connectivity index (χ0n) is 6.26. The number of aliphatic hydroxyl groups excluding tert-OH is 2. The first-order valence-electron chi connectivity index (χ1n) is 3.06. The van der Waals surface area contributed by atoms with Crippen LogP contribution in [0.3, 0.4) is 0 Å². The third-order valence-corrected chi connectivity index (χ3v) is 0.681. The molecule has 0 atom stereocenters. The monoisotopic (exact) mass is 136 g/mol. The molecule has 0 aliphatic carbocycles. The summed E-state index contributed by atoms with van der Waals surface area (Å²) in [5.74, 6) is 0. The Morgan fingerprint density at radius 1 is 1.11 bits per heavy atom. The average Bonchev–Trinajstić information content (AvgIpc) is 1.93. The van der Waals surface area contributed by atoms with E-state index in [0.717, 1.165) is 0 Å². The van der Waals surface area contributed by atoms with Crippen LogP contribution in [0.1, 0.15) is 20.8 Å². The number of hydrogen-bond acceptors (Lipinski definition) is 3. The summed E-state index contributed by atoms with van der Waals surface area (Å²) in [6.07, 6.45) is 0. The van der Waals surface area contributed by atoms with Crippen LogP contribution in [0.2, 0.25) is 0 Å².